The first-order valence-corrected chi connectivity index (χ1v) is 9.04. The van der Waals surface area contributed by atoms with Crippen molar-refractivity contribution in [3.8, 4) is 16.4 Å². The predicted molar refractivity (Wildman–Crippen MR) is 100 cm³/mol. The van der Waals surface area contributed by atoms with E-state index in [0.29, 0.717) is 5.82 Å². The average Bonchev–Trinajstić information content (AvgIpc) is 3.35. The maximum Gasteiger partial charge on any atom is 0.192 e. The summed E-state index contributed by atoms with van der Waals surface area (Å²) < 4.78 is 17.1. The van der Waals surface area contributed by atoms with Crippen LogP contribution in [0.2, 0.25) is 0 Å². The summed E-state index contributed by atoms with van der Waals surface area (Å²) in [4.78, 5) is 10.4. The highest BCUT2D eigenvalue weighted by Crippen LogP contribution is 2.31. The van der Waals surface area contributed by atoms with E-state index in [9.17, 15) is 4.39 Å². The molecule has 5 nitrogen and oxygen atoms in total. The Bertz CT molecular complexity index is 1250. The molecule has 0 aliphatic rings. The number of aromatic nitrogens is 5. The fourth-order valence-electron chi connectivity index (χ4n) is 3.28. The summed E-state index contributed by atoms with van der Waals surface area (Å²) in [5.74, 6) is 0.439. The maximum atomic E-state index is 13.3. The largest absolute Gasteiger partial charge is 0.298 e. The van der Waals surface area contributed by atoms with Gasteiger partial charge in [0.1, 0.15) is 12.1 Å². The van der Waals surface area contributed by atoms with Crippen LogP contribution in [0.3, 0.4) is 0 Å². The SMILES string of the molecule is Cc1c(C)n(-c2ccc(F)cc2)c2ncn3nc(-c4cccs4)nc3c12. The maximum absolute atomic E-state index is 13.3. The van der Waals surface area contributed by atoms with Crippen molar-refractivity contribution in [2.45, 2.75) is 13.8 Å². The number of benzene rings is 1. The van der Waals surface area contributed by atoms with E-state index in [0.717, 1.165) is 38.5 Å². The number of fused-ring (bicyclic) bond motifs is 3. The second-order valence-corrected chi connectivity index (χ2v) is 7.09. The minimum absolute atomic E-state index is 0.256. The van der Waals surface area contributed by atoms with Gasteiger partial charge in [-0.25, -0.2) is 18.9 Å². The molecule has 5 aromatic rings. The first-order valence-electron chi connectivity index (χ1n) is 8.16. The van der Waals surface area contributed by atoms with Crippen LogP contribution in [0.4, 0.5) is 4.39 Å². The van der Waals surface area contributed by atoms with Gasteiger partial charge in [-0.3, -0.25) is 4.57 Å². The Morgan fingerprint density at radius 3 is 2.58 bits per heavy atom. The second-order valence-electron chi connectivity index (χ2n) is 6.15. The van der Waals surface area contributed by atoms with Gasteiger partial charge in [0.15, 0.2) is 17.1 Å². The minimum Gasteiger partial charge on any atom is -0.298 e. The van der Waals surface area contributed by atoms with Crippen LogP contribution in [0.15, 0.2) is 48.1 Å². The molecule has 0 N–H and O–H groups in total. The van der Waals surface area contributed by atoms with E-state index in [4.69, 9.17) is 4.98 Å². The number of nitrogens with zero attached hydrogens (tertiary/aromatic N) is 5. The van der Waals surface area contributed by atoms with Gasteiger partial charge in [-0.1, -0.05) is 6.07 Å². The summed E-state index contributed by atoms with van der Waals surface area (Å²) >= 11 is 1.61. The standard InChI is InChI=1S/C19H14FN5S/c1-11-12(2)25(14-7-5-13(20)6-8-14)18-16(11)19-22-17(15-4-3-9-26-15)23-24(19)10-21-18/h3-10H,1-2H3. The zero-order valence-corrected chi connectivity index (χ0v) is 15.0. The molecule has 4 aromatic heterocycles. The highest BCUT2D eigenvalue weighted by molar-refractivity contribution is 7.13. The molecule has 0 bridgehead atoms. The fraction of sp³-hybridized carbons (Fsp3) is 0.105. The molecule has 1 aromatic carbocycles. The van der Waals surface area contributed by atoms with Crippen LogP contribution in [0.1, 0.15) is 11.3 Å². The van der Waals surface area contributed by atoms with Crippen LogP contribution >= 0.6 is 11.3 Å². The molecular formula is C19H14FN5S. The van der Waals surface area contributed by atoms with Crippen LogP contribution in [-0.2, 0) is 0 Å². The molecule has 5 rings (SSSR count). The third-order valence-electron chi connectivity index (χ3n) is 4.66. The highest BCUT2D eigenvalue weighted by Gasteiger charge is 2.19. The number of hydrogen-bond donors (Lipinski definition) is 0. The van der Waals surface area contributed by atoms with E-state index in [2.05, 4.69) is 17.0 Å². The van der Waals surface area contributed by atoms with E-state index >= 15 is 0 Å². The molecule has 0 atom stereocenters. The number of hydrogen-bond acceptors (Lipinski definition) is 4. The van der Waals surface area contributed by atoms with E-state index < -0.39 is 0 Å². The van der Waals surface area contributed by atoms with E-state index in [1.54, 1.807) is 34.3 Å². The summed E-state index contributed by atoms with van der Waals surface area (Å²) in [7, 11) is 0. The number of rotatable bonds is 2. The normalized spacial score (nSPS) is 11.7. The summed E-state index contributed by atoms with van der Waals surface area (Å²) in [6.45, 7) is 4.09. The molecule has 7 heteroatoms. The van der Waals surface area contributed by atoms with Crippen molar-refractivity contribution in [3.63, 3.8) is 0 Å². The Morgan fingerprint density at radius 1 is 1.04 bits per heavy atom. The molecule has 0 unspecified atom stereocenters. The Hall–Kier alpha value is -3.06. The van der Waals surface area contributed by atoms with Gasteiger partial charge in [0.2, 0.25) is 0 Å². The zero-order valence-electron chi connectivity index (χ0n) is 14.1. The summed E-state index contributed by atoms with van der Waals surface area (Å²) in [5, 5.41) is 7.54. The first kappa shape index (κ1) is 15.2. The average molecular weight is 363 g/mol. The van der Waals surface area contributed by atoms with Crippen molar-refractivity contribution in [1.82, 2.24) is 24.1 Å². The van der Waals surface area contributed by atoms with Crippen molar-refractivity contribution in [2.24, 2.45) is 0 Å². The summed E-state index contributed by atoms with van der Waals surface area (Å²) in [6, 6.07) is 10.4. The minimum atomic E-state index is -0.256. The van der Waals surface area contributed by atoms with E-state index in [1.165, 1.54) is 12.1 Å². The van der Waals surface area contributed by atoms with Gasteiger partial charge in [0, 0.05) is 11.4 Å². The molecule has 4 heterocycles. The van der Waals surface area contributed by atoms with Gasteiger partial charge >= 0.3 is 0 Å². The molecule has 0 saturated carbocycles. The van der Waals surface area contributed by atoms with Crippen molar-refractivity contribution in [3.05, 3.63) is 65.2 Å². The number of halogens is 1. The van der Waals surface area contributed by atoms with Gasteiger partial charge in [0.25, 0.3) is 0 Å². The summed E-state index contributed by atoms with van der Waals surface area (Å²) in [6.07, 6.45) is 1.68. The topological polar surface area (TPSA) is 48.0 Å². The Morgan fingerprint density at radius 2 is 1.85 bits per heavy atom. The number of thiophene rings is 1. The van der Waals surface area contributed by atoms with Gasteiger partial charge in [0.05, 0.1) is 10.3 Å². The molecule has 0 radical (unpaired) electrons. The lowest BCUT2D eigenvalue weighted by molar-refractivity contribution is 0.627. The van der Waals surface area contributed by atoms with Crippen LogP contribution < -0.4 is 0 Å². The molecule has 128 valence electrons. The van der Waals surface area contributed by atoms with Gasteiger partial charge in [-0.05, 0) is 55.1 Å². The van der Waals surface area contributed by atoms with Gasteiger partial charge < -0.3 is 0 Å². The van der Waals surface area contributed by atoms with Gasteiger partial charge in [-0.15, -0.1) is 16.4 Å². The lowest BCUT2D eigenvalue weighted by Gasteiger charge is -2.07. The molecule has 0 fully saturated rings. The lowest BCUT2D eigenvalue weighted by atomic mass is 10.2. The molecular weight excluding hydrogens is 349 g/mol. The molecule has 0 aliphatic carbocycles. The van der Waals surface area contributed by atoms with Crippen LogP contribution in [0.5, 0.6) is 0 Å². The van der Waals surface area contributed by atoms with Crippen molar-refractivity contribution in [1.29, 1.82) is 0 Å². The van der Waals surface area contributed by atoms with Crippen LogP contribution in [-0.4, -0.2) is 24.1 Å². The number of aryl methyl sites for hydroxylation is 1. The first-order chi connectivity index (χ1) is 12.6. The molecule has 26 heavy (non-hydrogen) atoms. The Kier molecular flexibility index (Phi) is 3.20. The highest BCUT2D eigenvalue weighted by atomic mass is 32.1. The monoisotopic (exact) mass is 363 g/mol. The predicted octanol–water partition coefficient (Wildman–Crippen LogP) is 4.55. The fourth-order valence-corrected chi connectivity index (χ4v) is 3.93. The molecule has 0 aliphatic heterocycles. The van der Waals surface area contributed by atoms with Crippen molar-refractivity contribution in [2.75, 3.05) is 0 Å². The van der Waals surface area contributed by atoms with Crippen LogP contribution in [0.25, 0.3) is 33.1 Å². The second kappa shape index (κ2) is 5.47. The smallest absolute Gasteiger partial charge is 0.192 e. The van der Waals surface area contributed by atoms with Gasteiger partial charge in [-0.2, -0.15) is 0 Å². The van der Waals surface area contributed by atoms with Crippen LogP contribution in [0, 0.1) is 19.7 Å². The molecule has 0 saturated heterocycles. The Labute approximate surface area is 152 Å². The lowest BCUT2D eigenvalue weighted by Crippen LogP contribution is -1.99. The summed E-state index contributed by atoms with van der Waals surface area (Å²) in [5.41, 5.74) is 4.58. The molecule has 0 amide bonds. The zero-order chi connectivity index (χ0) is 17.8. The quantitative estimate of drug-likeness (QED) is 0.462. The van der Waals surface area contributed by atoms with E-state index in [1.807, 2.05) is 29.0 Å². The van der Waals surface area contributed by atoms with Crippen molar-refractivity contribution < 1.29 is 4.39 Å². The third-order valence-corrected chi connectivity index (χ3v) is 5.52. The Balaban J connectivity index is 1.82. The van der Waals surface area contributed by atoms with E-state index in [-0.39, 0.29) is 5.82 Å². The molecule has 0 spiro atoms. The third kappa shape index (κ3) is 2.10. The van der Waals surface area contributed by atoms with Crippen molar-refractivity contribution >= 4 is 28.0 Å².